The van der Waals surface area contributed by atoms with Crippen LogP contribution >= 0.6 is 0 Å². The van der Waals surface area contributed by atoms with E-state index >= 15 is 0 Å². The number of allylic oxidation sites excluding steroid dienone is 3. The van der Waals surface area contributed by atoms with Crippen LogP contribution in [0.1, 0.15) is 40.5 Å². The molecular formula is C12H19N. The van der Waals surface area contributed by atoms with Crippen molar-refractivity contribution in [3.05, 3.63) is 23.9 Å². The summed E-state index contributed by atoms with van der Waals surface area (Å²) in [5.41, 5.74) is 2.92. The first-order valence-electron chi connectivity index (χ1n) is 4.88. The second-order valence-electron chi connectivity index (χ2n) is 4.80. The summed E-state index contributed by atoms with van der Waals surface area (Å²) in [6.45, 7) is 8.88. The van der Waals surface area contributed by atoms with Gasteiger partial charge in [0.05, 0.1) is 0 Å². The third-order valence-electron chi connectivity index (χ3n) is 2.06. The van der Waals surface area contributed by atoms with Gasteiger partial charge >= 0.3 is 0 Å². The summed E-state index contributed by atoms with van der Waals surface area (Å²) < 4.78 is 0. The third kappa shape index (κ3) is 3.58. The summed E-state index contributed by atoms with van der Waals surface area (Å²) in [5, 5.41) is 0. The van der Waals surface area contributed by atoms with Gasteiger partial charge in [0.1, 0.15) is 0 Å². The van der Waals surface area contributed by atoms with Crippen molar-refractivity contribution in [1.82, 2.24) is 0 Å². The molecule has 0 radical (unpaired) electrons. The van der Waals surface area contributed by atoms with E-state index in [0.717, 1.165) is 12.8 Å². The number of hydrogen-bond acceptors (Lipinski definition) is 1. The van der Waals surface area contributed by atoms with E-state index in [2.05, 4.69) is 44.8 Å². The molecule has 0 aliphatic carbocycles. The molecule has 0 fully saturated rings. The average molecular weight is 177 g/mol. The first-order chi connectivity index (χ1) is 5.99. The Labute approximate surface area is 81.3 Å². The van der Waals surface area contributed by atoms with E-state index in [4.69, 9.17) is 0 Å². The molecule has 0 bridgehead atoms. The minimum Gasteiger partial charge on any atom is -0.262 e. The maximum absolute atomic E-state index is 4.36. The van der Waals surface area contributed by atoms with Gasteiger partial charge in [0.25, 0.3) is 0 Å². The summed E-state index contributed by atoms with van der Waals surface area (Å²) in [5.74, 6) is 0. The van der Waals surface area contributed by atoms with Crippen molar-refractivity contribution in [2.75, 3.05) is 0 Å². The van der Waals surface area contributed by atoms with Crippen LogP contribution in [-0.2, 0) is 0 Å². The highest BCUT2D eigenvalue weighted by atomic mass is 14.7. The molecule has 1 nitrogen and oxygen atoms in total. The molecule has 1 heteroatoms. The minimum atomic E-state index is 0.354. The number of hydrogen-bond donors (Lipinski definition) is 0. The van der Waals surface area contributed by atoms with Gasteiger partial charge in [0, 0.05) is 11.9 Å². The Morgan fingerprint density at radius 1 is 1.38 bits per heavy atom. The highest BCUT2D eigenvalue weighted by molar-refractivity contribution is 5.98. The van der Waals surface area contributed by atoms with Crippen LogP contribution < -0.4 is 0 Å². The number of rotatable bonds is 1. The molecule has 1 aliphatic rings. The Bertz CT molecular complexity index is 261. The first kappa shape index (κ1) is 10.2. The van der Waals surface area contributed by atoms with Crippen LogP contribution in [0.3, 0.4) is 0 Å². The van der Waals surface area contributed by atoms with Crippen molar-refractivity contribution in [2.45, 2.75) is 40.5 Å². The van der Waals surface area contributed by atoms with Crippen LogP contribution in [0, 0.1) is 5.41 Å². The molecule has 0 unspecified atom stereocenters. The van der Waals surface area contributed by atoms with Crippen molar-refractivity contribution in [2.24, 2.45) is 10.4 Å². The molecule has 1 rings (SSSR count). The maximum Gasteiger partial charge on any atom is 0.0401 e. The molecule has 72 valence electrons. The van der Waals surface area contributed by atoms with Gasteiger partial charge in [-0.2, -0.15) is 0 Å². The lowest BCUT2D eigenvalue weighted by Crippen LogP contribution is -2.10. The Hall–Kier alpha value is -0.850. The molecule has 13 heavy (non-hydrogen) atoms. The molecule has 0 aromatic heterocycles. The van der Waals surface area contributed by atoms with Crippen LogP contribution in [-0.4, -0.2) is 5.71 Å². The van der Waals surface area contributed by atoms with E-state index in [9.17, 15) is 0 Å². The molecule has 0 amide bonds. The first-order valence-corrected chi connectivity index (χ1v) is 4.88. The van der Waals surface area contributed by atoms with Crippen molar-refractivity contribution in [3.63, 3.8) is 0 Å². The van der Waals surface area contributed by atoms with Crippen molar-refractivity contribution >= 4 is 5.71 Å². The quantitative estimate of drug-likeness (QED) is 0.578. The molecule has 0 aromatic carbocycles. The van der Waals surface area contributed by atoms with Crippen LogP contribution in [0.2, 0.25) is 0 Å². The van der Waals surface area contributed by atoms with Gasteiger partial charge in [-0.15, -0.1) is 0 Å². The van der Waals surface area contributed by atoms with Crippen LogP contribution in [0.15, 0.2) is 28.9 Å². The fourth-order valence-corrected chi connectivity index (χ4v) is 1.44. The van der Waals surface area contributed by atoms with E-state index in [1.54, 1.807) is 0 Å². The van der Waals surface area contributed by atoms with Crippen LogP contribution in [0.5, 0.6) is 0 Å². The smallest absolute Gasteiger partial charge is 0.0401 e. The van der Waals surface area contributed by atoms with E-state index in [1.807, 2.05) is 6.20 Å². The zero-order valence-electron chi connectivity index (χ0n) is 9.09. The standard InChI is InChI=1S/C12H19N/c1-10-11(9-12(2,3)4)7-5-6-8-13-10/h6-8H,5,9H2,1-4H3. The second kappa shape index (κ2) is 3.91. The van der Waals surface area contributed by atoms with E-state index in [1.165, 1.54) is 11.3 Å². The second-order valence-corrected chi connectivity index (χ2v) is 4.80. The lowest BCUT2D eigenvalue weighted by atomic mass is 9.86. The van der Waals surface area contributed by atoms with Gasteiger partial charge in [-0.05, 0) is 30.8 Å². The highest BCUT2D eigenvalue weighted by Gasteiger charge is 2.14. The predicted octanol–water partition coefficient (Wildman–Crippen LogP) is 3.73. The largest absolute Gasteiger partial charge is 0.262 e. The van der Waals surface area contributed by atoms with Gasteiger partial charge in [-0.3, -0.25) is 4.99 Å². The van der Waals surface area contributed by atoms with Gasteiger partial charge in [-0.25, -0.2) is 0 Å². The molecule has 0 atom stereocenters. The SMILES string of the molecule is CC1=NC=CCC=C1CC(C)(C)C. The number of aliphatic imine (C=N–C) groups is 1. The van der Waals surface area contributed by atoms with Gasteiger partial charge in [0.2, 0.25) is 0 Å². The molecule has 0 saturated carbocycles. The lowest BCUT2D eigenvalue weighted by Gasteiger charge is -2.20. The third-order valence-corrected chi connectivity index (χ3v) is 2.06. The van der Waals surface area contributed by atoms with Crippen LogP contribution in [0.4, 0.5) is 0 Å². The fraction of sp³-hybridized carbons (Fsp3) is 0.583. The highest BCUT2D eigenvalue weighted by Crippen LogP contribution is 2.25. The van der Waals surface area contributed by atoms with Gasteiger partial charge < -0.3 is 0 Å². The van der Waals surface area contributed by atoms with Crippen molar-refractivity contribution in [1.29, 1.82) is 0 Å². The summed E-state index contributed by atoms with van der Waals surface area (Å²) in [4.78, 5) is 4.36. The Morgan fingerprint density at radius 3 is 2.69 bits per heavy atom. The van der Waals surface area contributed by atoms with Gasteiger partial charge in [0.15, 0.2) is 0 Å². The van der Waals surface area contributed by atoms with Crippen LogP contribution in [0.25, 0.3) is 0 Å². The average Bonchev–Trinajstić information content (AvgIpc) is 2.14. The van der Waals surface area contributed by atoms with Crippen molar-refractivity contribution in [3.8, 4) is 0 Å². The van der Waals surface area contributed by atoms with E-state index in [0.29, 0.717) is 5.41 Å². The predicted molar refractivity (Wildman–Crippen MR) is 59.0 cm³/mol. The molecule has 1 aliphatic heterocycles. The summed E-state index contributed by atoms with van der Waals surface area (Å²) in [7, 11) is 0. The summed E-state index contributed by atoms with van der Waals surface area (Å²) in [6, 6.07) is 0. The molecular weight excluding hydrogens is 158 g/mol. The topological polar surface area (TPSA) is 12.4 Å². The molecule has 0 saturated heterocycles. The van der Waals surface area contributed by atoms with Gasteiger partial charge in [-0.1, -0.05) is 32.9 Å². The number of nitrogens with zero attached hydrogens (tertiary/aromatic N) is 1. The summed E-state index contributed by atoms with van der Waals surface area (Å²) in [6.07, 6.45) is 8.42. The van der Waals surface area contributed by atoms with E-state index in [-0.39, 0.29) is 0 Å². The molecule has 0 N–H and O–H groups in total. The Kier molecular flexibility index (Phi) is 3.07. The molecule has 1 heterocycles. The monoisotopic (exact) mass is 177 g/mol. The zero-order valence-corrected chi connectivity index (χ0v) is 9.09. The van der Waals surface area contributed by atoms with E-state index < -0.39 is 0 Å². The lowest BCUT2D eigenvalue weighted by molar-refractivity contribution is 0.415. The minimum absolute atomic E-state index is 0.354. The summed E-state index contributed by atoms with van der Waals surface area (Å²) >= 11 is 0. The van der Waals surface area contributed by atoms with Crippen molar-refractivity contribution < 1.29 is 0 Å². The Morgan fingerprint density at radius 2 is 2.08 bits per heavy atom. The molecule has 0 spiro atoms. The maximum atomic E-state index is 4.36. The normalized spacial score (nSPS) is 17.8. The molecule has 0 aromatic rings. The zero-order chi connectivity index (χ0) is 9.90. The Balaban J connectivity index is 2.75. The fourth-order valence-electron chi connectivity index (χ4n) is 1.44.